The van der Waals surface area contributed by atoms with Crippen LogP contribution in [0.15, 0.2) is 71.5 Å². The minimum absolute atomic E-state index is 0.0495. The Morgan fingerprint density at radius 3 is 2.52 bits per heavy atom. The van der Waals surface area contributed by atoms with E-state index in [-0.39, 0.29) is 11.2 Å². The zero-order valence-corrected chi connectivity index (χ0v) is 14.7. The van der Waals surface area contributed by atoms with Crippen molar-refractivity contribution in [2.24, 2.45) is 4.99 Å². The zero-order chi connectivity index (χ0) is 17.6. The van der Waals surface area contributed by atoms with Gasteiger partial charge in [-0.1, -0.05) is 62.4 Å². The van der Waals surface area contributed by atoms with Crippen molar-refractivity contribution in [3.63, 3.8) is 0 Å². The third-order valence-electron chi connectivity index (χ3n) is 5.12. The van der Waals surface area contributed by atoms with Crippen LogP contribution in [0.3, 0.4) is 0 Å². The number of fused-ring (bicyclic) bond motifs is 2. The quantitative estimate of drug-likeness (QED) is 0.780. The van der Waals surface area contributed by atoms with Gasteiger partial charge in [-0.3, -0.25) is 9.79 Å². The maximum absolute atomic E-state index is 12.4. The van der Waals surface area contributed by atoms with Crippen LogP contribution in [0.5, 0.6) is 0 Å². The van der Waals surface area contributed by atoms with Crippen molar-refractivity contribution in [3.8, 4) is 0 Å². The van der Waals surface area contributed by atoms with Gasteiger partial charge in [0.15, 0.2) is 0 Å². The molecule has 124 valence electrons. The summed E-state index contributed by atoms with van der Waals surface area (Å²) in [5, 5.41) is 0. The van der Waals surface area contributed by atoms with Crippen LogP contribution in [0.1, 0.15) is 30.5 Å². The Hall–Kier alpha value is -2.94. The van der Waals surface area contributed by atoms with Gasteiger partial charge in [-0.05, 0) is 23.3 Å². The van der Waals surface area contributed by atoms with Gasteiger partial charge in [0.1, 0.15) is 5.71 Å². The summed E-state index contributed by atoms with van der Waals surface area (Å²) < 4.78 is 0. The Bertz CT molecular complexity index is 963. The van der Waals surface area contributed by atoms with E-state index < -0.39 is 0 Å². The van der Waals surface area contributed by atoms with Gasteiger partial charge >= 0.3 is 0 Å². The molecule has 0 bridgehead atoms. The number of likely N-dealkylation sites (N-methyl/N-ethyl adjacent to an activating group) is 1. The summed E-state index contributed by atoms with van der Waals surface area (Å²) in [6, 6.07) is 16.3. The number of ketones is 1. The SMILES string of the molecule is CN1/C(=C\N=C2C(=O)C=Cc3ccccc32)C(C)(C)c2ccccc21. The first kappa shape index (κ1) is 15.6. The third-order valence-corrected chi connectivity index (χ3v) is 5.12. The van der Waals surface area contributed by atoms with E-state index in [1.54, 1.807) is 6.08 Å². The molecule has 2 aromatic carbocycles. The Morgan fingerprint density at radius 1 is 1.00 bits per heavy atom. The molecule has 1 aliphatic carbocycles. The van der Waals surface area contributed by atoms with Gasteiger partial charge in [0, 0.05) is 35.6 Å². The smallest absolute Gasteiger partial charge is 0.204 e. The first-order valence-electron chi connectivity index (χ1n) is 8.43. The van der Waals surface area contributed by atoms with E-state index in [1.165, 1.54) is 11.3 Å². The average molecular weight is 328 g/mol. The molecular weight excluding hydrogens is 308 g/mol. The summed E-state index contributed by atoms with van der Waals surface area (Å²) in [5.74, 6) is -0.0495. The molecule has 0 unspecified atom stereocenters. The highest BCUT2D eigenvalue weighted by molar-refractivity contribution is 6.52. The summed E-state index contributed by atoms with van der Waals surface area (Å²) in [5.41, 5.74) is 5.83. The van der Waals surface area contributed by atoms with Crippen LogP contribution in [-0.2, 0) is 10.2 Å². The van der Waals surface area contributed by atoms with Crippen LogP contribution < -0.4 is 4.90 Å². The van der Waals surface area contributed by atoms with Crippen molar-refractivity contribution in [3.05, 3.63) is 83.2 Å². The predicted molar refractivity (Wildman–Crippen MR) is 103 cm³/mol. The standard InChI is InChI=1S/C22H20N2O/c1-22(2)17-10-6-7-11-18(17)24(3)20(22)14-23-21-16-9-5-4-8-15(16)12-13-19(21)25/h4-14H,1-3H3/b20-14-,23-21?. The molecule has 0 N–H and O–H groups in total. The number of para-hydroxylation sites is 1. The minimum atomic E-state index is -0.150. The summed E-state index contributed by atoms with van der Waals surface area (Å²) in [7, 11) is 2.05. The van der Waals surface area contributed by atoms with Crippen molar-refractivity contribution < 1.29 is 4.79 Å². The van der Waals surface area contributed by atoms with E-state index in [1.807, 2.05) is 42.6 Å². The van der Waals surface area contributed by atoms with Crippen LogP contribution in [0.4, 0.5) is 5.69 Å². The first-order valence-corrected chi connectivity index (χ1v) is 8.43. The second-order valence-corrected chi connectivity index (χ2v) is 6.98. The van der Waals surface area contributed by atoms with E-state index in [9.17, 15) is 4.79 Å². The summed E-state index contributed by atoms with van der Waals surface area (Å²) >= 11 is 0. The Kier molecular flexibility index (Phi) is 3.46. The Labute approximate surface area is 148 Å². The highest BCUT2D eigenvalue weighted by Crippen LogP contribution is 2.46. The number of rotatable bonds is 1. The van der Waals surface area contributed by atoms with E-state index >= 15 is 0 Å². The fourth-order valence-electron chi connectivity index (χ4n) is 3.72. The summed E-state index contributed by atoms with van der Waals surface area (Å²) in [6.07, 6.45) is 5.30. The van der Waals surface area contributed by atoms with Crippen LogP contribution in [0.25, 0.3) is 6.08 Å². The molecule has 25 heavy (non-hydrogen) atoms. The maximum Gasteiger partial charge on any atom is 0.204 e. The number of hydrogen-bond acceptors (Lipinski definition) is 3. The number of aliphatic imine (C=N–C) groups is 1. The second kappa shape index (κ2) is 5.55. The predicted octanol–water partition coefficient (Wildman–Crippen LogP) is 4.34. The fraction of sp³-hybridized carbons (Fsp3) is 0.182. The largest absolute Gasteiger partial charge is 0.346 e. The highest BCUT2D eigenvalue weighted by atomic mass is 16.1. The molecule has 2 aliphatic rings. The number of carbonyl (C=O) groups is 1. The van der Waals surface area contributed by atoms with Crippen molar-refractivity contribution in [1.82, 2.24) is 0 Å². The lowest BCUT2D eigenvalue weighted by molar-refractivity contribution is -0.108. The van der Waals surface area contributed by atoms with Gasteiger partial charge in [-0.2, -0.15) is 0 Å². The molecule has 3 nitrogen and oxygen atoms in total. The van der Waals surface area contributed by atoms with E-state index in [0.717, 1.165) is 16.8 Å². The van der Waals surface area contributed by atoms with Crippen LogP contribution in [0.2, 0.25) is 0 Å². The lowest BCUT2D eigenvalue weighted by Gasteiger charge is -2.23. The van der Waals surface area contributed by atoms with E-state index in [2.05, 4.69) is 49.0 Å². The van der Waals surface area contributed by atoms with E-state index in [4.69, 9.17) is 0 Å². The van der Waals surface area contributed by atoms with Gasteiger partial charge in [0.2, 0.25) is 5.78 Å². The summed E-state index contributed by atoms with van der Waals surface area (Å²) in [6.45, 7) is 4.38. The molecule has 0 spiro atoms. The van der Waals surface area contributed by atoms with Gasteiger partial charge < -0.3 is 4.90 Å². The Morgan fingerprint density at radius 2 is 1.72 bits per heavy atom. The highest BCUT2D eigenvalue weighted by Gasteiger charge is 2.38. The molecule has 0 fully saturated rings. The first-order chi connectivity index (χ1) is 12.0. The lowest BCUT2D eigenvalue weighted by atomic mass is 9.84. The molecule has 1 heterocycles. The molecule has 0 radical (unpaired) electrons. The van der Waals surface area contributed by atoms with E-state index in [0.29, 0.717) is 5.71 Å². The molecule has 4 rings (SSSR count). The maximum atomic E-state index is 12.4. The van der Waals surface area contributed by atoms with Gasteiger partial charge in [-0.25, -0.2) is 0 Å². The molecule has 1 aliphatic heterocycles. The monoisotopic (exact) mass is 328 g/mol. The number of allylic oxidation sites excluding steroid dienone is 2. The number of benzene rings is 2. The molecule has 3 heteroatoms. The summed E-state index contributed by atoms with van der Waals surface area (Å²) in [4.78, 5) is 19.2. The van der Waals surface area contributed by atoms with Gasteiger partial charge in [-0.15, -0.1) is 0 Å². The number of anilines is 1. The average Bonchev–Trinajstić information content (AvgIpc) is 2.81. The van der Waals surface area contributed by atoms with Crippen LogP contribution in [0, 0.1) is 0 Å². The number of nitrogens with zero attached hydrogens (tertiary/aromatic N) is 2. The van der Waals surface area contributed by atoms with Crippen molar-refractivity contribution in [2.75, 3.05) is 11.9 Å². The lowest BCUT2D eigenvalue weighted by Crippen LogP contribution is -2.23. The molecule has 0 saturated heterocycles. The normalized spacial score (nSPS) is 20.9. The van der Waals surface area contributed by atoms with Crippen molar-refractivity contribution in [1.29, 1.82) is 0 Å². The fourth-order valence-corrected chi connectivity index (χ4v) is 3.72. The molecular formula is C22H20N2O. The molecule has 0 amide bonds. The van der Waals surface area contributed by atoms with Crippen molar-refractivity contribution in [2.45, 2.75) is 19.3 Å². The second-order valence-electron chi connectivity index (χ2n) is 6.98. The van der Waals surface area contributed by atoms with Crippen LogP contribution >= 0.6 is 0 Å². The zero-order valence-electron chi connectivity index (χ0n) is 14.7. The van der Waals surface area contributed by atoms with Crippen LogP contribution in [-0.4, -0.2) is 18.5 Å². The third kappa shape index (κ3) is 2.35. The molecule has 0 aromatic heterocycles. The van der Waals surface area contributed by atoms with Gasteiger partial charge in [0.25, 0.3) is 0 Å². The molecule has 0 saturated carbocycles. The number of hydrogen-bond donors (Lipinski definition) is 0. The van der Waals surface area contributed by atoms with Crippen molar-refractivity contribution >= 4 is 23.3 Å². The number of carbonyl (C=O) groups excluding carboxylic acids is 1. The topological polar surface area (TPSA) is 32.7 Å². The Balaban J connectivity index is 1.81. The van der Waals surface area contributed by atoms with Gasteiger partial charge in [0.05, 0.1) is 0 Å². The molecule has 2 aromatic rings. The molecule has 0 atom stereocenters. The minimum Gasteiger partial charge on any atom is -0.346 e.